The number of thiocarbonyl (C=S) groups is 1. The number of nitrogens with zero attached hydrogens (tertiary/aromatic N) is 3. The van der Waals surface area contributed by atoms with Crippen molar-refractivity contribution >= 4 is 17.3 Å². The van der Waals surface area contributed by atoms with Crippen molar-refractivity contribution in [1.82, 2.24) is 19.8 Å². The number of aromatic nitrogens is 2. The topological polar surface area (TPSA) is 42.3 Å². The second-order valence-electron chi connectivity index (χ2n) is 7.44. The van der Waals surface area contributed by atoms with Crippen LogP contribution in [0.4, 0.5) is 0 Å². The molecule has 27 heavy (non-hydrogen) atoms. The van der Waals surface area contributed by atoms with E-state index in [9.17, 15) is 0 Å². The number of methoxy groups -OCH3 is 1. The number of ether oxygens (including phenoxy) is 1. The van der Waals surface area contributed by atoms with Gasteiger partial charge in [-0.05, 0) is 49.3 Å². The van der Waals surface area contributed by atoms with Gasteiger partial charge in [-0.1, -0.05) is 25.3 Å². The Balaban J connectivity index is 1.71. The molecular weight excluding hydrogens is 356 g/mol. The molecule has 0 spiro atoms. The summed E-state index contributed by atoms with van der Waals surface area (Å²) in [6.45, 7) is 1.42. The SMILES string of the molecule is COCCN1C(=S)N[C@@H](c2ccccn2)[C@H]1c1cccn1C1CCCCC1. The Labute approximate surface area is 166 Å². The van der Waals surface area contributed by atoms with E-state index in [0.29, 0.717) is 12.6 Å². The van der Waals surface area contributed by atoms with Crippen LogP contribution in [0.15, 0.2) is 42.7 Å². The number of hydrogen-bond donors (Lipinski definition) is 1. The molecular formula is C21H28N4OS. The zero-order valence-corrected chi connectivity index (χ0v) is 16.7. The van der Waals surface area contributed by atoms with E-state index in [2.05, 4.69) is 44.2 Å². The van der Waals surface area contributed by atoms with Crippen molar-refractivity contribution in [2.75, 3.05) is 20.3 Å². The summed E-state index contributed by atoms with van der Waals surface area (Å²) < 4.78 is 7.85. The van der Waals surface area contributed by atoms with Gasteiger partial charge in [0.1, 0.15) is 0 Å². The first-order valence-corrected chi connectivity index (χ1v) is 10.3. The van der Waals surface area contributed by atoms with Crippen LogP contribution in [0.25, 0.3) is 0 Å². The van der Waals surface area contributed by atoms with E-state index in [1.54, 1.807) is 7.11 Å². The summed E-state index contributed by atoms with van der Waals surface area (Å²) in [4.78, 5) is 6.89. The number of pyridine rings is 1. The van der Waals surface area contributed by atoms with Gasteiger partial charge in [-0.3, -0.25) is 4.98 Å². The zero-order chi connectivity index (χ0) is 18.6. The average molecular weight is 385 g/mol. The van der Waals surface area contributed by atoms with Gasteiger partial charge in [0.25, 0.3) is 0 Å². The van der Waals surface area contributed by atoms with Crippen LogP contribution in [0.3, 0.4) is 0 Å². The quantitative estimate of drug-likeness (QED) is 0.763. The fourth-order valence-electron chi connectivity index (χ4n) is 4.51. The summed E-state index contributed by atoms with van der Waals surface area (Å²) >= 11 is 5.70. The van der Waals surface area contributed by atoms with E-state index in [-0.39, 0.29) is 12.1 Å². The van der Waals surface area contributed by atoms with E-state index >= 15 is 0 Å². The first-order chi connectivity index (χ1) is 13.3. The Hall–Kier alpha value is -1.92. The third kappa shape index (κ3) is 3.73. The summed E-state index contributed by atoms with van der Waals surface area (Å²) in [5.41, 5.74) is 2.35. The van der Waals surface area contributed by atoms with Crippen LogP contribution < -0.4 is 5.32 Å². The fourth-order valence-corrected chi connectivity index (χ4v) is 4.84. The summed E-state index contributed by atoms with van der Waals surface area (Å²) in [5.74, 6) is 0. The van der Waals surface area contributed by atoms with Gasteiger partial charge in [-0.2, -0.15) is 0 Å². The molecule has 2 aliphatic rings. The van der Waals surface area contributed by atoms with Gasteiger partial charge in [0.15, 0.2) is 5.11 Å². The predicted octanol–water partition coefficient (Wildman–Crippen LogP) is 4.01. The molecule has 1 N–H and O–H groups in total. The molecule has 6 heteroatoms. The minimum atomic E-state index is 0.0489. The Bertz CT molecular complexity index is 757. The second kappa shape index (κ2) is 8.40. The van der Waals surface area contributed by atoms with Gasteiger partial charge in [0, 0.05) is 37.8 Å². The fraction of sp³-hybridized carbons (Fsp3) is 0.524. The van der Waals surface area contributed by atoms with Crippen molar-refractivity contribution in [3.05, 3.63) is 54.1 Å². The molecule has 144 valence electrons. The van der Waals surface area contributed by atoms with E-state index in [0.717, 1.165) is 17.4 Å². The highest BCUT2D eigenvalue weighted by molar-refractivity contribution is 7.80. The number of hydrogen-bond acceptors (Lipinski definition) is 3. The van der Waals surface area contributed by atoms with Gasteiger partial charge in [0.05, 0.1) is 24.4 Å². The molecule has 0 aromatic carbocycles. The van der Waals surface area contributed by atoms with Crippen LogP contribution in [0.5, 0.6) is 0 Å². The largest absolute Gasteiger partial charge is 0.383 e. The molecule has 2 atom stereocenters. The molecule has 2 fully saturated rings. The van der Waals surface area contributed by atoms with Crippen molar-refractivity contribution in [2.45, 2.75) is 50.2 Å². The zero-order valence-electron chi connectivity index (χ0n) is 15.9. The molecule has 1 aliphatic carbocycles. The first-order valence-electron chi connectivity index (χ1n) is 9.93. The lowest BCUT2D eigenvalue weighted by molar-refractivity contribution is 0.161. The van der Waals surface area contributed by atoms with Gasteiger partial charge >= 0.3 is 0 Å². The Morgan fingerprint density at radius 2 is 2.04 bits per heavy atom. The third-order valence-corrected chi connectivity index (χ3v) is 6.17. The van der Waals surface area contributed by atoms with E-state index in [1.807, 2.05) is 18.3 Å². The number of rotatable bonds is 6. The molecule has 0 amide bonds. The maximum atomic E-state index is 5.70. The lowest BCUT2D eigenvalue weighted by Gasteiger charge is -2.32. The van der Waals surface area contributed by atoms with Crippen molar-refractivity contribution in [3.8, 4) is 0 Å². The van der Waals surface area contributed by atoms with Crippen molar-refractivity contribution in [2.24, 2.45) is 0 Å². The standard InChI is InChI=1S/C21H28N4OS/c1-26-15-14-25-20(19(23-21(25)27)17-10-5-6-12-22-17)18-11-7-13-24(18)16-8-3-2-4-9-16/h5-7,10-13,16,19-20H,2-4,8-9,14-15H2,1H3,(H,23,27)/t19-,20+/m0/s1. The van der Waals surface area contributed by atoms with Crippen molar-refractivity contribution in [3.63, 3.8) is 0 Å². The molecule has 5 nitrogen and oxygen atoms in total. The lowest BCUT2D eigenvalue weighted by Crippen LogP contribution is -2.33. The van der Waals surface area contributed by atoms with E-state index < -0.39 is 0 Å². The van der Waals surface area contributed by atoms with Gasteiger partial charge in [-0.15, -0.1) is 0 Å². The monoisotopic (exact) mass is 384 g/mol. The Morgan fingerprint density at radius 1 is 1.19 bits per heavy atom. The molecule has 0 radical (unpaired) electrons. The molecule has 2 aromatic heterocycles. The summed E-state index contributed by atoms with van der Waals surface area (Å²) in [6.07, 6.45) is 10.6. The number of nitrogens with one attached hydrogen (secondary N) is 1. The van der Waals surface area contributed by atoms with Gasteiger partial charge in [-0.25, -0.2) is 0 Å². The van der Waals surface area contributed by atoms with Crippen molar-refractivity contribution in [1.29, 1.82) is 0 Å². The Kier molecular flexibility index (Phi) is 5.74. The molecule has 0 bridgehead atoms. The second-order valence-corrected chi connectivity index (χ2v) is 7.83. The molecule has 3 heterocycles. The van der Waals surface area contributed by atoms with Crippen LogP contribution >= 0.6 is 12.2 Å². The van der Waals surface area contributed by atoms with Crippen LogP contribution in [-0.4, -0.2) is 39.8 Å². The summed E-state index contributed by atoms with van der Waals surface area (Å²) in [7, 11) is 1.74. The summed E-state index contributed by atoms with van der Waals surface area (Å²) in [6, 6.07) is 11.3. The summed E-state index contributed by atoms with van der Waals surface area (Å²) in [5, 5.41) is 4.31. The van der Waals surface area contributed by atoms with Crippen molar-refractivity contribution < 1.29 is 4.74 Å². The van der Waals surface area contributed by atoms with E-state index in [4.69, 9.17) is 17.0 Å². The van der Waals surface area contributed by atoms with Crippen LogP contribution in [-0.2, 0) is 4.74 Å². The van der Waals surface area contributed by atoms with Gasteiger partial charge < -0.3 is 19.5 Å². The first kappa shape index (κ1) is 18.4. The smallest absolute Gasteiger partial charge is 0.170 e. The highest BCUT2D eigenvalue weighted by Crippen LogP contribution is 2.41. The molecule has 1 aliphatic heterocycles. The molecule has 1 saturated carbocycles. The molecule has 4 rings (SSSR count). The van der Waals surface area contributed by atoms with Crippen LogP contribution in [0, 0.1) is 0 Å². The van der Waals surface area contributed by atoms with Crippen LogP contribution in [0.2, 0.25) is 0 Å². The maximum absolute atomic E-state index is 5.70. The minimum Gasteiger partial charge on any atom is -0.383 e. The molecule has 0 unspecified atom stereocenters. The predicted molar refractivity (Wildman–Crippen MR) is 111 cm³/mol. The Morgan fingerprint density at radius 3 is 2.78 bits per heavy atom. The third-order valence-electron chi connectivity index (χ3n) is 5.82. The van der Waals surface area contributed by atoms with E-state index in [1.165, 1.54) is 37.8 Å². The molecule has 1 saturated heterocycles. The maximum Gasteiger partial charge on any atom is 0.170 e. The minimum absolute atomic E-state index is 0.0489. The van der Waals surface area contributed by atoms with Gasteiger partial charge in [0.2, 0.25) is 0 Å². The lowest BCUT2D eigenvalue weighted by atomic mass is 9.94. The molecule has 2 aromatic rings. The normalized spacial score (nSPS) is 23.6. The average Bonchev–Trinajstić information content (AvgIpc) is 3.32. The van der Waals surface area contributed by atoms with Crippen LogP contribution in [0.1, 0.15) is 61.6 Å². The highest BCUT2D eigenvalue weighted by Gasteiger charge is 2.41. The highest BCUT2D eigenvalue weighted by atomic mass is 32.1.